The van der Waals surface area contributed by atoms with Crippen molar-refractivity contribution < 1.29 is 5.11 Å². The fourth-order valence-electron chi connectivity index (χ4n) is 0.428. The van der Waals surface area contributed by atoms with Crippen molar-refractivity contribution in [2.45, 2.75) is 0 Å². The normalized spacial score (nSPS) is 7.80. The molecule has 0 heterocycles. The van der Waals surface area contributed by atoms with E-state index in [0.29, 0.717) is 5.75 Å². The van der Waals surface area contributed by atoms with Crippen LogP contribution in [-0.4, -0.2) is 11.8 Å². The van der Waals surface area contributed by atoms with Gasteiger partial charge in [-0.05, 0) is 12.1 Å². The van der Waals surface area contributed by atoms with Gasteiger partial charge in [-0.15, -0.1) is 0 Å². The number of hydrogen-bond acceptors (Lipinski definition) is 3. The summed E-state index contributed by atoms with van der Waals surface area (Å²) < 4.78 is 0. The van der Waals surface area contributed by atoms with Gasteiger partial charge in [0.2, 0.25) is 0 Å². The smallest absolute Gasteiger partial charge is 0.115 e. The third-order valence-corrected chi connectivity index (χ3v) is 0.756. The molecule has 3 heteroatoms. The average Bonchev–Trinajstić information content (AvgIpc) is 1.91. The Bertz CT molecular complexity index is 153. The summed E-state index contributed by atoms with van der Waals surface area (Å²) in [6.07, 6.45) is 0. The van der Waals surface area contributed by atoms with Gasteiger partial charge >= 0.3 is 0 Å². The van der Waals surface area contributed by atoms with Crippen molar-refractivity contribution in [1.29, 1.82) is 0 Å². The molecule has 0 spiro atoms. The van der Waals surface area contributed by atoms with Gasteiger partial charge in [-0.3, -0.25) is 0 Å². The third kappa shape index (κ3) is 5.08. The number of hydrogen-bond donors (Lipinski definition) is 3. The van der Waals surface area contributed by atoms with Crippen LogP contribution in [-0.2, 0) is 0 Å². The first-order chi connectivity index (χ1) is 4.81. The minimum absolute atomic E-state index is 0.250. The summed E-state index contributed by atoms with van der Waals surface area (Å²) in [4.78, 5) is 0. The standard InChI is InChI=1S/C6H6O.CH6N2/c7-6-4-2-1-3-5-6;2-1-3/h1-5,7H;1-3H2. The Hall–Kier alpha value is -1.06. The maximum atomic E-state index is 8.63. The van der Waals surface area contributed by atoms with E-state index in [1.54, 1.807) is 24.3 Å². The van der Waals surface area contributed by atoms with Gasteiger partial charge < -0.3 is 16.6 Å². The first-order valence-electron chi connectivity index (χ1n) is 2.95. The summed E-state index contributed by atoms with van der Waals surface area (Å²) >= 11 is 0. The predicted octanol–water partition coefficient (Wildman–Crippen LogP) is 0.253. The highest BCUT2D eigenvalue weighted by Crippen LogP contribution is 2.02. The summed E-state index contributed by atoms with van der Waals surface area (Å²) in [5, 5.41) is 8.63. The number of aromatic hydroxyl groups is 1. The van der Waals surface area contributed by atoms with Crippen LogP contribution in [0.2, 0.25) is 0 Å². The van der Waals surface area contributed by atoms with Gasteiger partial charge in [-0.1, -0.05) is 18.2 Å². The molecule has 0 fully saturated rings. The van der Waals surface area contributed by atoms with Crippen LogP contribution in [0.15, 0.2) is 30.3 Å². The number of phenolic OH excluding ortho intramolecular Hbond substituents is 1. The monoisotopic (exact) mass is 140 g/mol. The first kappa shape index (κ1) is 8.94. The van der Waals surface area contributed by atoms with Crippen LogP contribution in [0, 0.1) is 0 Å². The lowest BCUT2D eigenvalue weighted by Gasteiger charge is -1.82. The van der Waals surface area contributed by atoms with E-state index in [-0.39, 0.29) is 6.67 Å². The molecule has 0 bridgehead atoms. The van der Waals surface area contributed by atoms with Gasteiger partial charge in [0.15, 0.2) is 0 Å². The number of phenols is 1. The molecule has 0 saturated carbocycles. The second kappa shape index (κ2) is 6.07. The maximum Gasteiger partial charge on any atom is 0.115 e. The van der Waals surface area contributed by atoms with E-state index >= 15 is 0 Å². The highest BCUT2D eigenvalue weighted by Gasteiger charge is 1.74. The molecule has 0 aliphatic heterocycles. The minimum Gasteiger partial charge on any atom is -0.508 e. The summed E-state index contributed by atoms with van der Waals surface area (Å²) in [7, 11) is 0. The van der Waals surface area contributed by atoms with Crippen LogP contribution in [0.1, 0.15) is 0 Å². The quantitative estimate of drug-likeness (QED) is 0.452. The maximum absolute atomic E-state index is 8.63. The van der Waals surface area contributed by atoms with E-state index in [4.69, 9.17) is 5.11 Å². The molecule has 0 unspecified atom stereocenters. The van der Waals surface area contributed by atoms with Crippen molar-refractivity contribution in [2.24, 2.45) is 11.5 Å². The Labute approximate surface area is 60.3 Å². The number of para-hydroxylation sites is 1. The van der Waals surface area contributed by atoms with E-state index in [0.717, 1.165) is 0 Å². The lowest BCUT2D eigenvalue weighted by Crippen LogP contribution is -2.08. The zero-order valence-electron chi connectivity index (χ0n) is 5.70. The molecular weight excluding hydrogens is 128 g/mol. The molecular formula is C7H12N2O. The number of nitrogens with two attached hydrogens (primary N) is 2. The third-order valence-electron chi connectivity index (χ3n) is 0.756. The minimum atomic E-state index is 0.250. The van der Waals surface area contributed by atoms with Crippen LogP contribution in [0.3, 0.4) is 0 Å². The molecule has 0 aliphatic carbocycles. The predicted molar refractivity (Wildman–Crippen MR) is 41.3 cm³/mol. The summed E-state index contributed by atoms with van der Waals surface area (Å²) in [6, 6.07) is 8.71. The molecule has 10 heavy (non-hydrogen) atoms. The second-order valence-corrected chi connectivity index (χ2v) is 1.57. The van der Waals surface area contributed by atoms with Crippen molar-refractivity contribution in [3.05, 3.63) is 30.3 Å². The topological polar surface area (TPSA) is 72.3 Å². The zero-order chi connectivity index (χ0) is 7.82. The highest BCUT2D eigenvalue weighted by atomic mass is 16.3. The van der Waals surface area contributed by atoms with Crippen molar-refractivity contribution >= 4 is 0 Å². The summed E-state index contributed by atoms with van der Waals surface area (Å²) in [5.74, 6) is 0.322. The molecule has 0 atom stereocenters. The lowest BCUT2D eigenvalue weighted by molar-refractivity contribution is 0.475. The molecule has 0 saturated heterocycles. The Morgan fingerprint density at radius 3 is 1.70 bits per heavy atom. The van der Waals surface area contributed by atoms with Crippen LogP contribution >= 0.6 is 0 Å². The van der Waals surface area contributed by atoms with E-state index in [2.05, 4.69) is 11.5 Å². The Balaban J connectivity index is 0.000000236. The van der Waals surface area contributed by atoms with Crippen molar-refractivity contribution in [2.75, 3.05) is 6.67 Å². The van der Waals surface area contributed by atoms with Gasteiger partial charge in [0.25, 0.3) is 0 Å². The van der Waals surface area contributed by atoms with Crippen molar-refractivity contribution in [1.82, 2.24) is 0 Å². The molecule has 1 aromatic rings. The van der Waals surface area contributed by atoms with E-state index in [1.165, 1.54) is 0 Å². The molecule has 0 amide bonds. The van der Waals surface area contributed by atoms with E-state index in [1.807, 2.05) is 6.07 Å². The Morgan fingerprint density at radius 2 is 1.50 bits per heavy atom. The van der Waals surface area contributed by atoms with Crippen LogP contribution < -0.4 is 11.5 Å². The van der Waals surface area contributed by atoms with Gasteiger partial charge in [0.05, 0.1) is 0 Å². The van der Waals surface area contributed by atoms with Crippen LogP contribution in [0.5, 0.6) is 5.75 Å². The molecule has 3 nitrogen and oxygen atoms in total. The van der Waals surface area contributed by atoms with Crippen LogP contribution in [0.4, 0.5) is 0 Å². The summed E-state index contributed by atoms with van der Waals surface area (Å²) in [6.45, 7) is 0.250. The van der Waals surface area contributed by atoms with Gasteiger partial charge in [-0.2, -0.15) is 0 Å². The van der Waals surface area contributed by atoms with Crippen LogP contribution in [0.25, 0.3) is 0 Å². The first-order valence-corrected chi connectivity index (χ1v) is 2.95. The Kier molecular flexibility index (Phi) is 5.42. The molecule has 5 N–H and O–H groups in total. The number of benzene rings is 1. The highest BCUT2D eigenvalue weighted by molar-refractivity contribution is 5.18. The molecule has 0 aromatic heterocycles. The summed E-state index contributed by atoms with van der Waals surface area (Å²) in [5.41, 5.74) is 9.25. The van der Waals surface area contributed by atoms with Gasteiger partial charge in [-0.25, -0.2) is 0 Å². The SMILES string of the molecule is NCN.Oc1ccccc1. The molecule has 56 valence electrons. The largest absolute Gasteiger partial charge is 0.508 e. The van der Waals surface area contributed by atoms with E-state index < -0.39 is 0 Å². The fraction of sp³-hybridized carbons (Fsp3) is 0.143. The van der Waals surface area contributed by atoms with Gasteiger partial charge in [0.1, 0.15) is 5.75 Å². The van der Waals surface area contributed by atoms with Crippen molar-refractivity contribution in [3.63, 3.8) is 0 Å². The van der Waals surface area contributed by atoms with E-state index in [9.17, 15) is 0 Å². The molecule has 1 aromatic carbocycles. The second-order valence-electron chi connectivity index (χ2n) is 1.57. The molecule has 0 radical (unpaired) electrons. The van der Waals surface area contributed by atoms with Crippen molar-refractivity contribution in [3.8, 4) is 5.75 Å². The Morgan fingerprint density at radius 1 is 1.10 bits per heavy atom. The fourth-order valence-corrected chi connectivity index (χ4v) is 0.428. The average molecular weight is 140 g/mol. The zero-order valence-corrected chi connectivity index (χ0v) is 5.70. The lowest BCUT2D eigenvalue weighted by atomic mass is 10.3. The molecule has 1 rings (SSSR count). The molecule has 0 aliphatic rings. The number of rotatable bonds is 0. The van der Waals surface area contributed by atoms with Gasteiger partial charge in [0, 0.05) is 6.67 Å².